The van der Waals surface area contributed by atoms with Crippen molar-refractivity contribution in [3.05, 3.63) is 0 Å². The molecule has 1 saturated heterocycles. The second-order valence-electron chi connectivity index (χ2n) is 6.35. The summed E-state index contributed by atoms with van der Waals surface area (Å²) in [6.07, 6.45) is 10.2. The zero-order chi connectivity index (χ0) is 14.1. The molecule has 1 fully saturated rings. The van der Waals surface area contributed by atoms with E-state index in [1.807, 2.05) is 0 Å². The number of rotatable bonds is 9. The number of ketones is 1. The second kappa shape index (κ2) is 8.73. The van der Waals surface area contributed by atoms with Gasteiger partial charge in [0.05, 0.1) is 0 Å². The first-order valence-corrected chi connectivity index (χ1v) is 8.42. The van der Waals surface area contributed by atoms with Crippen molar-refractivity contribution in [2.24, 2.45) is 11.3 Å². The maximum atomic E-state index is 12.8. The van der Waals surface area contributed by atoms with Crippen LogP contribution in [-0.2, 0) is 4.79 Å². The molecule has 2 atom stereocenters. The highest BCUT2D eigenvalue weighted by atomic mass is 16.1. The quantitative estimate of drug-likeness (QED) is 0.673. The van der Waals surface area contributed by atoms with E-state index in [9.17, 15) is 4.79 Å². The van der Waals surface area contributed by atoms with E-state index in [1.165, 1.54) is 19.3 Å². The van der Waals surface area contributed by atoms with Gasteiger partial charge in [0, 0.05) is 18.4 Å². The lowest BCUT2D eigenvalue weighted by atomic mass is 9.71. The van der Waals surface area contributed by atoms with E-state index in [0.29, 0.717) is 11.7 Å². The van der Waals surface area contributed by atoms with Crippen LogP contribution in [-0.4, -0.2) is 18.9 Å². The molecule has 0 saturated carbocycles. The Labute approximate surface area is 119 Å². The van der Waals surface area contributed by atoms with E-state index >= 15 is 0 Å². The average molecular weight is 267 g/mol. The molecule has 0 bridgehead atoms. The smallest absolute Gasteiger partial charge is 0.140 e. The number of carbonyl (C=O) groups is 1. The van der Waals surface area contributed by atoms with Gasteiger partial charge in [0.1, 0.15) is 5.78 Å². The third kappa shape index (κ3) is 4.91. The van der Waals surface area contributed by atoms with E-state index in [2.05, 4.69) is 26.1 Å². The van der Waals surface area contributed by atoms with Gasteiger partial charge in [-0.05, 0) is 31.7 Å². The van der Waals surface area contributed by atoms with Crippen molar-refractivity contribution >= 4 is 5.78 Å². The standard InChI is InChI=1S/C17H33NO/c1-4-7-9-15(6-3)13-16(19)17(10-5-2)11-8-12-18-14-17/h15,18H,4-14H2,1-3H3. The zero-order valence-corrected chi connectivity index (χ0v) is 13.3. The predicted octanol–water partition coefficient (Wildman–Crippen LogP) is 4.33. The summed E-state index contributed by atoms with van der Waals surface area (Å²) in [5.41, 5.74) is -0.0351. The van der Waals surface area contributed by atoms with Crippen LogP contribution in [0.3, 0.4) is 0 Å². The molecule has 0 radical (unpaired) electrons. The fourth-order valence-corrected chi connectivity index (χ4v) is 3.46. The van der Waals surface area contributed by atoms with Gasteiger partial charge in [0.25, 0.3) is 0 Å². The van der Waals surface area contributed by atoms with Crippen molar-refractivity contribution in [2.75, 3.05) is 13.1 Å². The predicted molar refractivity (Wildman–Crippen MR) is 82.4 cm³/mol. The molecule has 2 unspecified atom stereocenters. The summed E-state index contributed by atoms with van der Waals surface area (Å²) in [6.45, 7) is 8.69. The molecule has 19 heavy (non-hydrogen) atoms. The fraction of sp³-hybridized carbons (Fsp3) is 0.941. The van der Waals surface area contributed by atoms with E-state index < -0.39 is 0 Å². The third-order valence-electron chi connectivity index (χ3n) is 4.81. The second-order valence-corrected chi connectivity index (χ2v) is 6.35. The minimum Gasteiger partial charge on any atom is -0.316 e. The summed E-state index contributed by atoms with van der Waals surface area (Å²) in [5, 5.41) is 3.45. The SMILES string of the molecule is CCCCC(CC)CC(=O)C1(CCC)CCCNC1. The minimum atomic E-state index is -0.0351. The first-order valence-electron chi connectivity index (χ1n) is 8.42. The Kier molecular flexibility index (Phi) is 7.67. The van der Waals surface area contributed by atoms with E-state index in [0.717, 1.165) is 51.6 Å². The molecule has 1 heterocycles. The molecule has 1 aliphatic rings. The van der Waals surface area contributed by atoms with Gasteiger partial charge in [-0.1, -0.05) is 52.9 Å². The first kappa shape index (κ1) is 16.7. The van der Waals surface area contributed by atoms with Crippen molar-refractivity contribution in [3.8, 4) is 0 Å². The number of carbonyl (C=O) groups excluding carboxylic acids is 1. The summed E-state index contributed by atoms with van der Waals surface area (Å²) in [6, 6.07) is 0. The minimum absolute atomic E-state index is 0.0351. The number of piperidine rings is 1. The van der Waals surface area contributed by atoms with Crippen LogP contribution >= 0.6 is 0 Å². The summed E-state index contributed by atoms with van der Waals surface area (Å²) in [7, 11) is 0. The molecular formula is C17H33NO. The molecule has 0 aromatic rings. The van der Waals surface area contributed by atoms with Gasteiger partial charge in [-0.15, -0.1) is 0 Å². The van der Waals surface area contributed by atoms with Crippen molar-refractivity contribution in [3.63, 3.8) is 0 Å². The number of hydrogen-bond acceptors (Lipinski definition) is 2. The molecule has 1 aliphatic heterocycles. The van der Waals surface area contributed by atoms with E-state index in [1.54, 1.807) is 0 Å². The Hall–Kier alpha value is -0.370. The Morgan fingerprint density at radius 1 is 1.26 bits per heavy atom. The van der Waals surface area contributed by atoms with Crippen molar-refractivity contribution in [1.29, 1.82) is 0 Å². The van der Waals surface area contributed by atoms with Gasteiger partial charge in [-0.3, -0.25) is 4.79 Å². The summed E-state index contributed by atoms with van der Waals surface area (Å²) >= 11 is 0. The number of hydrogen-bond donors (Lipinski definition) is 1. The Bertz CT molecular complexity index is 250. The van der Waals surface area contributed by atoms with Crippen molar-refractivity contribution < 1.29 is 4.79 Å². The van der Waals surface area contributed by atoms with Crippen LogP contribution in [0, 0.1) is 11.3 Å². The maximum Gasteiger partial charge on any atom is 0.140 e. The number of nitrogens with one attached hydrogen (secondary N) is 1. The van der Waals surface area contributed by atoms with Gasteiger partial charge in [0.15, 0.2) is 0 Å². The van der Waals surface area contributed by atoms with Crippen LogP contribution in [0.1, 0.15) is 78.6 Å². The molecule has 1 N–H and O–H groups in total. The van der Waals surface area contributed by atoms with Gasteiger partial charge in [0.2, 0.25) is 0 Å². The van der Waals surface area contributed by atoms with E-state index in [-0.39, 0.29) is 5.41 Å². The molecule has 2 nitrogen and oxygen atoms in total. The lowest BCUT2D eigenvalue weighted by Crippen LogP contribution is -2.46. The maximum absolute atomic E-state index is 12.8. The molecule has 0 aliphatic carbocycles. The number of unbranched alkanes of at least 4 members (excludes halogenated alkanes) is 1. The van der Waals surface area contributed by atoms with Gasteiger partial charge in [-0.2, -0.15) is 0 Å². The highest BCUT2D eigenvalue weighted by molar-refractivity contribution is 5.85. The Morgan fingerprint density at radius 2 is 2.05 bits per heavy atom. The van der Waals surface area contributed by atoms with Crippen LogP contribution in [0.4, 0.5) is 0 Å². The summed E-state index contributed by atoms with van der Waals surface area (Å²) in [5.74, 6) is 1.16. The van der Waals surface area contributed by atoms with Crippen LogP contribution in [0.2, 0.25) is 0 Å². The summed E-state index contributed by atoms with van der Waals surface area (Å²) < 4.78 is 0. The van der Waals surface area contributed by atoms with Crippen molar-refractivity contribution in [1.82, 2.24) is 5.32 Å². The van der Waals surface area contributed by atoms with Crippen molar-refractivity contribution in [2.45, 2.75) is 78.6 Å². The molecule has 1 rings (SSSR count). The molecule has 0 amide bonds. The van der Waals surface area contributed by atoms with Crippen LogP contribution in [0.25, 0.3) is 0 Å². The first-order chi connectivity index (χ1) is 9.18. The summed E-state index contributed by atoms with van der Waals surface area (Å²) in [4.78, 5) is 12.8. The van der Waals surface area contributed by atoms with Crippen LogP contribution < -0.4 is 5.32 Å². The van der Waals surface area contributed by atoms with Crippen LogP contribution in [0.5, 0.6) is 0 Å². The van der Waals surface area contributed by atoms with Gasteiger partial charge in [-0.25, -0.2) is 0 Å². The molecular weight excluding hydrogens is 234 g/mol. The molecule has 0 spiro atoms. The Morgan fingerprint density at radius 3 is 2.58 bits per heavy atom. The zero-order valence-electron chi connectivity index (χ0n) is 13.3. The average Bonchev–Trinajstić information content (AvgIpc) is 2.44. The topological polar surface area (TPSA) is 29.1 Å². The lowest BCUT2D eigenvalue weighted by Gasteiger charge is -2.37. The highest BCUT2D eigenvalue weighted by Gasteiger charge is 2.38. The van der Waals surface area contributed by atoms with Gasteiger partial charge < -0.3 is 5.32 Å². The molecule has 0 aromatic carbocycles. The number of Topliss-reactive ketones (excluding diaryl/α,β-unsaturated/α-hetero) is 1. The van der Waals surface area contributed by atoms with Crippen LogP contribution in [0.15, 0.2) is 0 Å². The fourth-order valence-electron chi connectivity index (χ4n) is 3.46. The normalized spacial score (nSPS) is 25.2. The van der Waals surface area contributed by atoms with Gasteiger partial charge >= 0.3 is 0 Å². The Balaban J connectivity index is 2.60. The molecule has 0 aromatic heterocycles. The largest absolute Gasteiger partial charge is 0.316 e. The van der Waals surface area contributed by atoms with E-state index in [4.69, 9.17) is 0 Å². The highest BCUT2D eigenvalue weighted by Crippen LogP contribution is 2.35. The molecule has 112 valence electrons. The lowest BCUT2D eigenvalue weighted by molar-refractivity contribution is -0.131. The molecule has 2 heteroatoms. The monoisotopic (exact) mass is 267 g/mol. The third-order valence-corrected chi connectivity index (χ3v) is 4.81.